The average molecular weight is 228 g/mol. The van der Waals surface area contributed by atoms with E-state index in [1.807, 2.05) is 0 Å². The molecule has 1 heterocycles. The van der Waals surface area contributed by atoms with Gasteiger partial charge in [-0.2, -0.15) is 0 Å². The molecule has 4 nitrogen and oxygen atoms in total. The molecule has 1 aliphatic rings. The van der Waals surface area contributed by atoms with E-state index in [0.717, 1.165) is 19.5 Å². The number of rotatable bonds is 6. The van der Waals surface area contributed by atoms with Gasteiger partial charge in [0.15, 0.2) is 0 Å². The van der Waals surface area contributed by atoms with Crippen LogP contribution in [0.2, 0.25) is 0 Å². The van der Waals surface area contributed by atoms with E-state index < -0.39 is 5.97 Å². The fraction of sp³-hybridized carbons (Fsp3) is 0.917. The highest BCUT2D eigenvalue weighted by atomic mass is 16.4. The lowest BCUT2D eigenvalue weighted by atomic mass is 9.90. The largest absolute Gasteiger partial charge is 0.481 e. The average Bonchev–Trinajstić information content (AvgIpc) is 2.23. The first-order chi connectivity index (χ1) is 7.61. The van der Waals surface area contributed by atoms with Crippen LogP contribution in [0.5, 0.6) is 0 Å². The molecule has 1 fully saturated rings. The van der Waals surface area contributed by atoms with Crippen LogP contribution in [0.1, 0.15) is 39.0 Å². The third-order valence-electron chi connectivity index (χ3n) is 3.25. The maximum atomic E-state index is 10.5. The Morgan fingerprint density at radius 3 is 2.88 bits per heavy atom. The number of hydrogen-bond donors (Lipinski definition) is 2. The highest BCUT2D eigenvalue weighted by Crippen LogP contribution is 2.21. The summed E-state index contributed by atoms with van der Waals surface area (Å²) in [6.07, 6.45) is 5.04. The molecular weight excluding hydrogens is 204 g/mol. The molecule has 0 bridgehead atoms. The highest BCUT2D eigenvalue weighted by molar-refractivity contribution is 5.66. The second kappa shape index (κ2) is 6.86. The number of nitrogens with two attached hydrogens (primary N) is 1. The zero-order valence-corrected chi connectivity index (χ0v) is 10.2. The van der Waals surface area contributed by atoms with Gasteiger partial charge in [0.25, 0.3) is 0 Å². The molecule has 1 aliphatic heterocycles. The Labute approximate surface area is 97.8 Å². The number of unbranched alkanes of at least 4 members (excludes halogenated alkanes) is 1. The zero-order chi connectivity index (χ0) is 12.0. The summed E-state index contributed by atoms with van der Waals surface area (Å²) in [7, 11) is 0. The molecule has 2 unspecified atom stereocenters. The molecule has 0 spiro atoms. The number of piperidine rings is 1. The fourth-order valence-electron chi connectivity index (χ4n) is 2.49. The second-order valence-electron chi connectivity index (χ2n) is 4.91. The predicted octanol–water partition coefficient (Wildman–Crippen LogP) is 1.30. The summed E-state index contributed by atoms with van der Waals surface area (Å²) < 4.78 is 0. The molecule has 0 radical (unpaired) electrons. The van der Waals surface area contributed by atoms with E-state index in [0.29, 0.717) is 12.5 Å². The molecule has 0 aromatic rings. The summed E-state index contributed by atoms with van der Waals surface area (Å²) in [5.41, 5.74) is 6.00. The van der Waals surface area contributed by atoms with Crippen LogP contribution in [-0.2, 0) is 4.79 Å². The quantitative estimate of drug-likeness (QED) is 0.719. The van der Waals surface area contributed by atoms with Crippen molar-refractivity contribution in [1.82, 2.24) is 4.90 Å². The molecule has 1 saturated heterocycles. The van der Waals surface area contributed by atoms with Crippen molar-refractivity contribution in [2.75, 3.05) is 19.6 Å². The summed E-state index contributed by atoms with van der Waals surface area (Å²) in [4.78, 5) is 12.7. The normalized spacial score (nSPS) is 26.9. The van der Waals surface area contributed by atoms with Crippen LogP contribution in [-0.4, -0.2) is 41.7 Å². The number of carbonyl (C=O) groups is 1. The minimum absolute atomic E-state index is 0.226. The van der Waals surface area contributed by atoms with Crippen molar-refractivity contribution >= 4 is 5.97 Å². The fourth-order valence-corrected chi connectivity index (χ4v) is 2.49. The van der Waals surface area contributed by atoms with Crippen molar-refractivity contribution < 1.29 is 9.90 Å². The van der Waals surface area contributed by atoms with E-state index in [4.69, 9.17) is 10.8 Å². The van der Waals surface area contributed by atoms with Crippen LogP contribution in [0, 0.1) is 5.92 Å². The first kappa shape index (κ1) is 13.5. The molecule has 0 amide bonds. The van der Waals surface area contributed by atoms with Crippen molar-refractivity contribution in [2.24, 2.45) is 11.7 Å². The van der Waals surface area contributed by atoms with Gasteiger partial charge in [0.2, 0.25) is 0 Å². The van der Waals surface area contributed by atoms with Crippen LogP contribution in [0.15, 0.2) is 0 Å². The van der Waals surface area contributed by atoms with Gasteiger partial charge < -0.3 is 15.7 Å². The third kappa shape index (κ3) is 4.94. The third-order valence-corrected chi connectivity index (χ3v) is 3.25. The minimum atomic E-state index is -0.718. The zero-order valence-electron chi connectivity index (χ0n) is 10.2. The molecule has 2 atom stereocenters. The van der Waals surface area contributed by atoms with E-state index in [9.17, 15) is 4.79 Å². The number of aliphatic carboxylic acids is 1. The lowest BCUT2D eigenvalue weighted by Gasteiger charge is -2.36. The molecule has 3 N–H and O–H groups in total. The molecule has 0 saturated carbocycles. The molecule has 0 aromatic heterocycles. The monoisotopic (exact) mass is 228 g/mol. The second-order valence-corrected chi connectivity index (χ2v) is 4.91. The van der Waals surface area contributed by atoms with Crippen LogP contribution in [0.4, 0.5) is 0 Å². The number of carboxylic acid groups (broad SMARTS) is 1. The van der Waals surface area contributed by atoms with Gasteiger partial charge in [-0.1, -0.05) is 19.8 Å². The smallest absolute Gasteiger partial charge is 0.304 e. The lowest BCUT2D eigenvalue weighted by Crippen LogP contribution is -2.47. The molecule has 1 rings (SSSR count). The van der Waals surface area contributed by atoms with E-state index in [-0.39, 0.29) is 12.5 Å². The Morgan fingerprint density at radius 1 is 1.50 bits per heavy atom. The molecule has 94 valence electrons. The van der Waals surface area contributed by atoms with Gasteiger partial charge in [-0.15, -0.1) is 0 Å². The van der Waals surface area contributed by atoms with E-state index in [1.54, 1.807) is 0 Å². The number of carboxylic acids is 1. The molecular formula is C12H24N2O2. The maximum Gasteiger partial charge on any atom is 0.304 e. The summed E-state index contributed by atoms with van der Waals surface area (Å²) in [6.45, 7) is 4.73. The van der Waals surface area contributed by atoms with Crippen molar-refractivity contribution in [1.29, 1.82) is 0 Å². The maximum absolute atomic E-state index is 10.5. The van der Waals surface area contributed by atoms with Gasteiger partial charge in [-0.05, 0) is 18.8 Å². The Kier molecular flexibility index (Phi) is 5.77. The number of nitrogens with zero attached hydrogens (tertiary/aromatic N) is 1. The topological polar surface area (TPSA) is 66.6 Å². The van der Waals surface area contributed by atoms with Gasteiger partial charge in [0.1, 0.15) is 0 Å². The molecule has 0 aliphatic carbocycles. The standard InChI is InChI=1S/C12H24N2O2/c1-2-3-4-10-7-11(13)9-14(8-10)6-5-12(15)16/h10-11H,2-9,13H2,1H3,(H,15,16). The van der Waals surface area contributed by atoms with Gasteiger partial charge in [0, 0.05) is 25.7 Å². The summed E-state index contributed by atoms with van der Waals surface area (Å²) in [5, 5.41) is 8.66. The van der Waals surface area contributed by atoms with Crippen LogP contribution in [0.25, 0.3) is 0 Å². The first-order valence-corrected chi connectivity index (χ1v) is 6.31. The number of hydrogen-bond acceptors (Lipinski definition) is 3. The van der Waals surface area contributed by atoms with Gasteiger partial charge in [-0.3, -0.25) is 4.79 Å². The SMILES string of the molecule is CCCCC1CC(N)CN(CCC(=O)O)C1. The van der Waals surface area contributed by atoms with E-state index in [2.05, 4.69) is 11.8 Å². The Morgan fingerprint density at radius 2 is 2.25 bits per heavy atom. The summed E-state index contributed by atoms with van der Waals surface area (Å²) in [6, 6.07) is 0.226. The van der Waals surface area contributed by atoms with Crippen LogP contribution >= 0.6 is 0 Å². The summed E-state index contributed by atoms with van der Waals surface area (Å²) >= 11 is 0. The van der Waals surface area contributed by atoms with Gasteiger partial charge >= 0.3 is 5.97 Å². The highest BCUT2D eigenvalue weighted by Gasteiger charge is 2.24. The van der Waals surface area contributed by atoms with Crippen molar-refractivity contribution in [2.45, 2.75) is 45.1 Å². The van der Waals surface area contributed by atoms with Crippen molar-refractivity contribution in [3.8, 4) is 0 Å². The Balaban J connectivity index is 2.32. The van der Waals surface area contributed by atoms with E-state index >= 15 is 0 Å². The van der Waals surface area contributed by atoms with Gasteiger partial charge in [0.05, 0.1) is 6.42 Å². The van der Waals surface area contributed by atoms with Crippen LogP contribution in [0.3, 0.4) is 0 Å². The minimum Gasteiger partial charge on any atom is -0.481 e. The Hall–Kier alpha value is -0.610. The summed E-state index contributed by atoms with van der Waals surface area (Å²) in [5.74, 6) is -0.0539. The Bertz CT molecular complexity index is 221. The predicted molar refractivity (Wildman–Crippen MR) is 64.3 cm³/mol. The molecule has 0 aromatic carbocycles. The molecule has 16 heavy (non-hydrogen) atoms. The van der Waals surface area contributed by atoms with E-state index in [1.165, 1.54) is 19.3 Å². The van der Waals surface area contributed by atoms with Crippen molar-refractivity contribution in [3.05, 3.63) is 0 Å². The lowest BCUT2D eigenvalue weighted by molar-refractivity contribution is -0.137. The molecule has 4 heteroatoms. The van der Waals surface area contributed by atoms with Crippen LogP contribution < -0.4 is 5.73 Å². The number of likely N-dealkylation sites (tertiary alicyclic amines) is 1. The van der Waals surface area contributed by atoms with Crippen molar-refractivity contribution in [3.63, 3.8) is 0 Å². The first-order valence-electron chi connectivity index (χ1n) is 6.31. The van der Waals surface area contributed by atoms with Gasteiger partial charge in [-0.25, -0.2) is 0 Å².